The van der Waals surface area contributed by atoms with Gasteiger partial charge in [0.25, 0.3) is 0 Å². The summed E-state index contributed by atoms with van der Waals surface area (Å²) in [6.07, 6.45) is 2.17. The van der Waals surface area contributed by atoms with Crippen LogP contribution in [0.15, 0.2) is 0 Å². The zero-order valence-electron chi connectivity index (χ0n) is 6.80. The molecule has 62 valence electrons. The summed E-state index contributed by atoms with van der Waals surface area (Å²) < 4.78 is 4.76. The quantitative estimate of drug-likeness (QED) is 0.508. The number of hydrogen-bond acceptors (Lipinski definition) is 3. The summed E-state index contributed by atoms with van der Waals surface area (Å²) in [5.74, 6) is -0.00606. The van der Waals surface area contributed by atoms with Gasteiger partial charge in [-0.1, -0.05) is 0 Å². The highest BCUT2D eigenvalue weighted by Crippen LogP contribution is 2.40. The maximum absolute atomic E-state index is 11.3. The number of nitrogens with zero attached hydrogens (tertiary/aromatic N) is 1. The number of fused-ring (bicyclic) bond motifs is 2. The van der Waals surface area contributed by atoms with Gasteiger partial charge < -0.3 is 9.64 Å². The fourth-order valence-corrected chi connectivity index (χ4v) is 2.21. The van der Waals surface area contributed by atoms with Crippen LogP contribution in [0.3, 0.4) is 0 Å². The van der Waals surface area contributed by atoms with E-state index in [0.29, 0.717) is 0 Å². The van der Waals surface area contributed by atoms with E-state index in [0.717, 1.165) is 25.9 Å². The van der Waals surface area contributed by atoms with Gasteiger partial charge in [0.1, 0.15) is 0 Å². The molecule has 0 aromatic carbocycles. The predicted octanol–water partition coefficient (Wildman–Crippen LogP) is 0.255. The molecule has 3 aliphatic rings. The first-order chi connectivity index (χ1) is 5.27. The van der Waals surface area contributed by atoms with E-state index in [1.165, 1.54) is 13.7 Å². The second kappa shape index (κ2) is 2.21. The molecule has 0 N–H and O–H groups in total. The first-order valence-electron chi connectivity index (χ1n) is 4.08. The van der Waals surface area contributed by atoms with Crippen molar-refractivity contribution in [2.75, 3.05) is 26.7 Å². The average Bonchev–Trinajstić information content (AvgIpc) is 2.02. The monoisotopic (exact) mass is 155 g/mol. The fourth-order valence-electron chi connectivity index (χ4n) is 2.21. The standard InChI is InChI=1S/C8H13NO2/c1-11-7(10)8-3-2-4-9(5-8)6-8/h2-6H2,1H3. The summed E-state index contributed by atoms with van der Waals surface area (Å²) in [7, 11) is 1.48. The van der Waals surface area contributed by atoms with Crippen molar-refractivity contribution in [2.45, 2.75) is 12.8 Å². The summed E-state index contributed by atoms with van der Waals surface area (Å²) in [6.45, 7) is 3.03. The maximum atomic E-state index is 11.3. The smallest absolute Gasteiger partial charge is 0.314 e. The highest BCUT2D eigenvalue weighted by Gasteiger charge is 2.52. The number of esters is 1. The van der Waals surface area contributed by atoms with Crippen LogP contribution in [0.5, 0.6) is 0 Å². The van der Waals surface area contributed by atoms with E-state index >= 15 is 0 Å². The minimum atomic E-state index is -0.104. The van der Waals surface area contributed by atoms with E-state index in [4.69, 9.17) is 4.74 Å². The molecule has 11 heavy (non-hydrogen) atoms. The van der Waals surface area contributed by atoms with Crippen LogP contribution in [-0.4, -0.2) is 37.6 Å². The van der Waals surface area contributed by atoms with Gasteiger partial charge >= 0.3 is 5.97 Å². The van der Waals surface area contributed by atoms with Crippen molar-refractivity contribution in [2.24, 2.45) is 5.41 Å². The van der Waals surface area contributed by atoms with E-state index in [1.54, 1.807) is 0 Å². The lowest BCUT2D eigenvalue weighted by Crippen LogP contribution is -2.64. The molecule has 0 radical (unpaired) electrons. The van der Waals surface area contributed by atoms with Crippen LogP contribution < -0.4 is 0 Å². The van der Waals surface area contributed by atoms with Crippen molar-refractivity contribution in [1.29, 1.82) is 0 Å². The third-order valence-corrected chi connectivity index (χ3v) is 2.80. The fraction of sp³-hybridized carbons (Fsp3) is 0.875. The molecule has 3 saturated heterocycles. The Morgan fingerprint density at radius 3 is 2.73 bits per heavy atom. The lowest BCUT2D eigenvalue weighted by Gasteiger charge is -2.52. The molecule has 0 aromatic rings. The molecule has 0 spiro atoms. The largest absolute Gasteiger partial charge is 0.469 e. The molecule has 3 aliphatic heterocycles. The van der Waals surface area contributed by atoms with Crippen LogP contribution >= 0.6 is 0 Å². The number of carbonyl (C=O) groups excluding carboxylic acids is 1. The van der Waals surface area contributed by atoms with E-state index in [9.17, 15) is 4.79 Å². The van der Waals surface area contributed by atoms with Gasteiger partial charge in [-0.25, -0.2) is 0 Å². The Bertz CT molecular complexity index is 179. The third kappa shape index (κ3) is 0.872. The van der Waals surface area contributed by atoms with E-state index < -0.39 is 0 Å². The Morgan fingerprint density at radius 2 is 2.27 bits per heavy atom. The number of hydrogen-bond donors (Lipinski definition) is 0. The number of piperidine rings is 2. The minimum Gasteiger partial charge on any atom is -0.469 e. The second-order valence-corrected chi connectivity index (χ2v) is 3.59. The van der Waals surface area contributed by atoms with Crippen LogP contribution in [0.25, 0.3) is 0 Å². The van der Waals surface area contributed by atoms with Gasteiger partial charge in [0.2, 0.25) is 0 Å². The summed E-state index contributed by atoms with van der Waals surface area (Å²) in [5, 5.41) is 0. The molecule has 0 saturated carbocycles. The van der Waals surface area contributed by atoms with Crippen LogP contribution in [-0.2, 0) is 9.53 Å². The zero-order valence-corrected chi connectivity index (χ0v) is 6.80. The van der Waals surface area contributed by atoms with Crippen molar-refractivity contribution >= 4 is 5.97 Å². The summed E-state index contributed by atoms with van der Waals surface area (Å²) >= 11 is 0. The molecule has 0 aliphatic carbocycles. The van der Waals surface area contributed by atoms with Crippen molar-refractivity contribution in [3.63, 3.8) is 0 Å². The van der Waals surface area contributed by atoms with Crippen molar-refractivity contribution < 1.29 is 9.53 Å². The van der Waals surface area contributed by atoms with Crippen LogP contribution in [0.2, 0.25) is 0 Å². The highest BCUT2D eigenvalue weighted by molar-refractivity contribution is 5.78. The van der Waals surface area contributed by atoms with Gasteiger partial charge in [0.05, 0.1) is 12.5 Å². The molecule has 0 amide bonds. The van der Waals surface area contributed by atoms with Gasteiger partial charge in [-0.3, -0.25) is 4.79 Å². The van der Waals surface area contributed by atoms with Crippen LogP contribution in [0.1, 0.15) is 12.8 Å². The third-order valence-electron chi connectivity index (χ3n) is 2.80. The molecule has 3 rings (SSSR count). The van der Waals surface area contributed by atoms with Crippen molar-refractivity contribution in [3.05, 3.63) is 0 Å². The molecule has 3 heteroatoms. The highest BCUT2D eigenvalue weighted by atomic mass is 16.5. The number of methoxy groups -OCH3 is 1. The van der Waals surface area contributed by atoms with Gasteiger partial charge in [-0.15, -0.1) is 0 Å². The molecular formula is C8H13NO2. The van der Waals surface area contributed by atoms with Crippen molar-refractivity contribution in [3.8, 4) is 0 Å². The summed E-state index contributed by atoms with van der Waals surface area (Å²) in [4.78, 5) is 13.6. The summed E-state index contributed by atoms with van der Waals surface area (Å²) in [6, 6.07) is 0. The van der Waals surface area contributed by atoms with E-state index in [-0.39, 0.29) is 11.4 Å². The Balaban J connectivity index is 2.06. The molecule has 3 nitrogen and oxygen atoms in total. The zero-order chi connectivity index (χ0) is 7.90. The Kier molecular flexibility index (Phi) is 1.42. The van der Waals surface area contributed by atoms with E-state index in [1.807, 2.05) is 0 Å². The average molecular weight is 155 g/mol. The van der Waals surface area contributed by atoms with E-state index in [2.05, 4.69) is 4.90 Å². The minimum absolute atomic E-state index is 0.00606. The molecule has 0 aromatic heterocycles. The van der Waals surface area contributed by atoms with Gasteiger partial charge in [-0.2, -0.15) is 0 Å². The molecule has 3 heterocycles. The Hall–Kier alpha value is -0.570. The normalized spacial score (nSPS) is 41.0. The Morgan fingerprint density at radius 1 is 1.55 bits per heavy atom. The molecule has 0 unspecified atom stereocenters. The van der Waals surface area contributed by atoms with Gasteiger partial charge in [0, 0.05) is 13.1 Å². The summed E-state index contributed by atoms with van der Waals surface area (Å²) in [5.41, 5.74) is -0.104. The van der Waals surface area contributed by atoms with Gasteiger partial charge in [0.15, 0.2) is 0 Å². The first-order valence-corrected chi connectivity index (χ1v) is 4.08. The topological polar surface area (TPSA) is 29.5 Å². The second-order valence-electron chi connectivity index (χ2n) is 3.59. The molecule has 3 fully saturated rings. The van der Waals surface area contributed by atoms with Crippen LogP contribution in [0.4, 0.5) is 0 Å². The van der Waals surface area contributed by atoms with Gasteiger partial charge in [-0.05, 0) is 19.4 Å². The van der Waals surface area contributed by atoms with Crippen LogP contribution in [0, 0.1) is 5.41 Å². The molecular weight excluding hydrogens is 142 g/mol. The SMILES string of the molecule is COC(=O)C12CCCN(C1)C2. The maximum Gasteiger partial charge on any atom is 0.314 e. The number of rotatable bonds is 1. The number of carbonyl (C=O) groups is 1. The molecule has 0 atom stereocenters. The Labute approximate surface area is 66.3 Å². The lowest BCUT2D eigenvalue weighted by atomic mass is 9.72. The van der Waals surface area contributed by atoms with Crippen molar-refractivity contribution in [1.82, 2.24) is 4.90 Å². The lowest BCUT2D eigenvalue weighted by molar-refractivity contribution is -0.170. The predicted molar refractivity (Wildman–Crippen MR) is 40.1 cm³/mol. The first kappa shape index (κ1) is 7.10. The number of ether oxygens (including phenoxy) is 1. The molecule has 2 bridgehead atoms.